The molecule has 2 aromatic carbocycles. The van der Waals surface area contributed by atoms with Crippen LogP contribution in [0.1, 0.15) is 24.0 Å². The van der Waals surface area contributed by atoms with Crippen molar-refractivity contribution in [3.8, 4) is 11.1 Å². The van der Waals surface area contributed by atoms with E-state index in [-0.39, 0.29) is 35.5 Å². The predicted molar refractivity (Wildman–Crippen MR) is 99.5 cm³/mol. The molecule has 0 radical (unpaired) electrons. The van der Waals surface area contributed by atoms with E-state index in [1.807, 2.05) is 6.07 Å². The van der Waals surface area contributed by atoms with Crippen LogP contribution in [-0.2, 0) is 16.0 Å². The smallest absolute Gasteiger partial charge is 0.238 e. The molecule has 0 aromatic heterocycles. The Kier molecular flexibility index (Phi) is 2.75. The molecule has 0 spiro atoms. The third kappa shape index (κ3) is 1.73. The Morgan fingerprint density at radius 1 is 0.769 bits per heavy atom. The third-order valence-electron chi connectivity index (χ3n) is 6.79. The van der Waals surface area contributed by atoms with E-state index in [2.05, 4.69) is 48.6 Å². The van der Waals surface area contributed by atoms with Gasteiger partial charge < -0.3 is 0 Å². The van der Waals surface area contributed by atoms with Gasteiger partial charge in [-0.15, -0.1) is 0 Å². The van der Waals surface area contributed by atoms with Gasteiger partial charge in [0.15, 0.2) is 0 Å². The van der Waals surface area contributed by atoms with Gasteiger partial charge in [0, 0.05) is 0 Å². The molecule has 0 unspecified atom stereocenters. The fourth-order valence-electron chi connectivity index (χ4n) is 5.60. The van der Waals surface area contributed by atoms with Crippen LogP contribution in [0.2, 0.25) is 0 Å². The molecule has 7 rings (SSSR count). The topological polar surface area (TPSA) is 37.4 Å². The van der Waals surface area contributed by atoms with Gasteiger partial charge in [-0.1, -0.05) is 42.5 Å². The van der Waals surface area contributed by atoms with Crippen molar-refractivity contribution in [3.05, 3.63) is 65.7 Å². The fourth-order valence-corrected chi connectivity index (χ4v) is 5.60. The summed E-state index contributed by atoms with van der Waals surface area (Å²) in [5.41, 5.74) is 5.77. The summed E-state index contributed by atoms with van der Waals surface area (Å²) < 4.78 is 0. The molecular formula is C23H19NO2. The molecule has 2 bridgehead atoms. The Morgan fingerprint density at radius 2 is 1.42 bits per heavy atom. The second kappa shape index (κ2) is 4.94. The van der Waals surface area contributed by atoms with E-state index in [1.54, 1.807) is 0 Å². The Balaban J connectivity index is 1.41. The summed E-state index contributed by atoms with van der Waals surface area (Å²) >= 11 is 0. The summed E-state index contributed by atoms with van der Waals surface area (Å²) in [6.45, 7) is 0. The van der Waals surface area contributed by atoms with Crippen LogP contribution < -0.4 is 4.90 Å². The lowest BCUT2D eigenvalue weighted by Crippen LogP contribution is -2.38. The lowest BCUT2D eigenvalue weighted by Gasteiger charge is -2.38. The first-order valence-electron chi connectivity index (χ1n) is 9.50. The molecule has 3 heteroatoms. The van der Waals surface area contributed by atoms with Crippen LogP contribution in [0.3, 0.4) is 0 Å². The molecule has 1 saturated carbocycles. The summed E-state index contributed by atoms with van der Waals surface area (Å²) in [5.74, 6) is 0.215. The van der Waals surface area contributed by atoms with Crippen molar-refractivity contribution in [2.75, 3.05) is 4.90 Å². The average Bonchev–Trinajstić information content (AvgIpc) is 3.18. The maximum atomic E-state index is 13.1. The minimum atomic E-state index is -0.142. The lowest BCUT2D eigenvalue weighted by molar-refractivity contribution is -0.124. The van der Waals surface area contributed by atoms with E-state index in [0.29, 0.717) is 0 Å². The number of carbonyl (C=O) groups excluding carboxylic acids is 2. The minimum absolute atomic E-state index is 0.00881. The maximum Gasteiger partial charge on any atom is 0.238 e. The normalized spacial score (nSPS) is 30.5. The van der Waals surface area contributed by atoms with Crippen molar-refractivity contribution in [1.29, 1.82) is 0 Å². The molecule has 4 atom stereocenters. The molecule has 0 N–H and O–H groups in total. The number of carbonyl (C=O) groups is 2. The molecule has 3 nitrogen and oxygen atoms in total. The molecule has 4 aliphatic carbocycles. The first-order valence-corrected chi connectivity index (χ1v) is 9.50. The molecule has 26 heavy (non-hydrogen) atoms. The van der Waals surface area contributed by atoms with E-state index in [1.165, 1.54) is 27.2 Å². The zero-order chi connectivity index (χ0) is 17.4. The van der Waals surface area contributed by atoms with Crippen LogP contribution in [0.25, 0.3) is 11.1 Å². The third-order valence-corrected chi connectivity index (χ3v) is 6.79. The molecule has 2 aromatic rings. The fraction of sp³-hybridized carbons (Fsp3) is 0.304. The first kappa shape index (κ1) is 14.5. The van der Waals surface area contributed by atoms with Gasteiger partial charge in [0.25, 0.3) is 0 Å². The molecule has 5 aliphatic rings. The Morgan fingerprint density at radius 3 is 2.12 bits per heavy atom. The molecular weight excluding hydrogens is 322 g/mol. The highest BCUT2D eigenvalue weighted by Crippen LogP contribution is 2.50. The largest absolute Gasteiger partial charge is 0.274 e. The van der Waals surface area contributed by atoms with Crippen molar-refractivity contribution in [3.63, 3.8) is 0 Å². The van der Waals surface area contributed by atoms with Crippen molar-refractivity contribution in [2.45, 2.75) is 19.3 Å². The van der Waals surface area contributed by atoms with E-state index in [0.717, 1.165) is 24.9 Å². The highest BCUT2D eigenvalue weighted by atomic mass is 16.2. The van der Waals surface area contributed by atoms with Gasteiger partial charge >= 0.3 is 0 Å². The second-order valence-electron chi connectivity index (χ2n) is 8.03. The SMILES string of the molecule is O=C1[C@@H]2[C@H](C(=O)N1c1ccc3c(c1)Cc1ccccc1-3)[C@@H]1C=C[C@H]2CC1. The molecule has 128 valence electrons. The van der Waals surface area contributed by atoms with Gasteiger partial charge in [-0.25, -0.2) is 0 Å². The number of nitrogens with zero attached hydrogens (tertiary/aromatic N) is 1. The number of benzene rings is 2. The Hall–Kier alpha value is -2.68. The number of hydrogen-bond acceptors (Lipinski definition) is 2. The van der Waals surface area contributed by atoms with E-state index in [4.69, 9.17) is 0 Å². The summed E-state index contributed by atoms with van der Waals surface area (Å²) in [7, 11) is 0. The Labute approximate surface area is 152 Å². The number of hydrogen-bond donors (Lipinski definition) is 0. The van der Waals surface area contributed by atoms with E-state index in [9.17, 15) is 9.59 Å². The van der Waals surface area contributed by atoms with Gasteiger partial charge in [-0.2, -0.15) is 0 Å². The standard InChI is InChI=1S/C23H19NO2/c25-22-20-13-5-6-14(8-7-13)21(20)23(26)24(22)17-9-10-19-16(12-17)11-15-3-1-2-4-18(15)19/h1-6,9-10,12-14,20-21H,7-8,11H2/t13-,14+,20-,21+. The number of fused-ring (bicyclic) bond motifs is 4. The van der Waals surface area contributed by atoms with E-state index >= 15 is 0 Å². The van der Waals surface area contributed by atoms with Crippen LogP contribution >= 0.6 is 0 Å². The molecule has 2 fully saturated rings. The number of allylic oxidation sites excluding steroid dienone is 2. The van der Waals surface area contributed by atoms with Gasteiger partial charge in [-0.05, 0) is 65.5 Å². The zero-order valence-corrected chi connectivity index (χ0v) is 14.4. The van der Waals surface area contributed by atoms with Gasteiger partial charge in [0.2, 0.25) is 11.8 Å². The van der Waals surface area contributed by atoms with Gasteiger partial charge in [0.1, 0.15) is 0 Å². The highest BCUT2D eigenvalue weighted by molar-refractivity contribution is 6.22. The molecule has 1 saturated heterocycles. The van der Waals surface area contributed by atoms with Crippen LogP contribution in [0.15, 0.2) is 54.6 Å². The van der Waals surface area contributed by atoms with Gasteiger partial charge in [-0.3, -0.25) is 14.5 Å². The van der Waals surface area contributed by atoms with Crippen LogP contribution in [0.5, 0.6) is 0 Å². The second-order valence-corrected chi connectivity index (χ2v) is 8.03. The monoisotopic (exact) mass is 341 g/mol. The van der Waals surface area contributed by atoms with Crippen molar-refractivity contribution >= 4 is 17.5 Å². The summed E-state index contributed by atoms with van der Waals surface area (Å²) in [5, 5.41) is 0. The summed E-state index contributed by atoms with van der Waals surface area (Å²) in [6, 6.07) is 14.5. The number of imide groups is 1. The molecule has 1 heterocycles. The minimum Gasteiger partial charge on any atom is -0.274 e. The zero-order valence-electron chi connectivity index (χ0n) is 14.4. The van der Waals surface area contributed by atoms with Crippen molar-refractivity contribution in [2.24, 2.45) is 23.7 Å². The Bertz CT molecular complexity index is 973. The van der Waals surface area contributed by atoms with Crippen LogP contribution in [0, 0.1) is 23.7 Å². The molecule has 1 aliphatic heterocycles. The van der Waals surface area contributed by atoms with Gasteiger partial charge in [0.05, 0.1) is 17.5 Å². The number of amides is 2. The highest BCUT2D eigenvalue weighted by Gasteiger charge is 2.56. The lowest BCUT2D eigenvalue weighted by atomic mass is 9.63. The van der Waals surface area contributed by atoms with Crippen LogP contribution in [0.4, 0.5) is 5.69 Å². The first-order chi connectivity index (χ1) is 12.7. The quantitative estimate of drug-likeness (QED) is 0.496. The van der Waals surface area contributed by atoms with Crippen molar-refractivity contribution < 1.29 is 9.59 Å². The summed E-state index contributed by atoms with van der Waals surface area (Å²) in [4.78, 5) is 27.7. The van der Waals surface area contributed by atoms with E-state index < -0.39 is 0 Å². The molecule has 2 amide bonds. The average molecular weight is 341 g/mol. The maximum absolute atomic E-state index is 13.1. The number of anilines is 1. The summed E-state index contributed by atoms with van der Waals surface area (Å²) in [6.07, 6.45) is 7.28. The van der Waals surface area contributed by atoms with Crippen molar-refractivity contribution in [1.82, 2.24) is 0 Å². The predicted octanol–water partition coefficient (Wildman–Crippen LogP) is 3.96. The van der Waals surface area contributed by atoms with Crippen LogP contribution in [-0.4, -0.2) is 11.8 Å². The number of rotatable bonds is 1.